The van der Waals surface area contributed by atoms with Gasteiger partial charge in [0.15, 0.2) is 0 Å². The highest BCUT2D eigenvalue weighted by Crippen LogP contribution is 2.30. The first-order valence-electron chi connectivity index (χ1n) is 7.70. The summed E-state index contributed by atoms with van der Waals surface area (Å²) in [6.07, 6.45) is 0. The molecule has 1 aliphatic heterocycles. The van der Waals surface area contributed by atoms with Gasteiger partial charge in [0.2, 0.25) is 0 Å². The van der Waals surface area contributed by atoms with E-state index in [-0.39, 0.29) is 0 Å². The zero-order valence-corrected chi connectivity index (χ0v) is 14.3. The number of rotatable bonds is 4. The number of nitrogens with one attached hydrogen (secondary N) is 1. The van der Waals surface area contributed by atoms with Crippen molar-refractivity contribution in [2.45, 2.75) is 58.5 Å². The van der Waals surface area contributed by atoms with Crippen molar-refractivity contribution in [1.82, 2.24) is 5.32 Å². The summed E-state index contributed by atoms with van der Waals surface area (Å²) in [5, 5.41) is 4.21. The van der Waals surface area contributed by atoms with E-state index < -0.39 is 0 Å². The Morgan fingerprint density at radius 2 is 2.10 bits per heavy atom. The summed E-state index contributed by atoms with van der Waals surface area (Å²) in [5.41, 5.74) is 4.19. The normalized spacial score (nSPS) is 23.4. The fourth-order valence-electron chi connectivity index (χ4n) is 2.67. The van der Waals surface area contributed by atoms with Gasteiger partial charge in [-0.15, -0.1) is 0 Å². The van der Waals surface area contributed by atoms with Gasteiger partial charge < -0.3 is 10.2 Å². The predicted molar refractivity (Wildman–Crippen MR) is 91.9 cm³/mol. The van der Waals surface area contributed by atoms with E-state index in [1.165, 1.54) is 29.1 Å². The lowest BCUT2D eigenvalue weighted by atomic mass is 10.1. The predicted octanol–water partition coefficient (Wildman–Crippen LogP) is 3.82. The number of anilines is 1. The summed E-state index contributed by atoms with van der Waals surface area (Å²) < 4.78 is 0. The van der Waals surface area contributed by atoms with Crippen LogP contribution in [0.4, 0.5) is 5.69 Å². The van der Waals surface area contributed by atoms with Crippen molar-refractivity contribution in [3.05, 3.63) is 29.3 Å². The number of thioether (sulfide) groups is 1. The van der Waals surface area contributed by atoms with Crippen molar-refractivity contribution in [2.24, 2.45) is 0 Å². The average Bonchev–Trinajstić information content (AvgIpc) is 2.40. The fraction of sp³-hybridized carbons (Fsp3) is 0.647. The summed E-state index contributed by atoms with van der Waals surface area (Å²) in [4.78, 5) is 2.56. The molecule has 112 valence electrons. The maximum Gasteiger partial charge on any atom is 0.0378 e. The van der Waals surface area contributed by atoms with E-state index in [9.17, 15) is 0 Å². The van der Waals surface area contributed by atoms with Gasteiger partial charge in [0.1, 0.15) is 0 Å². The average molecular weight is 292 g/mol. The van der Waals surface area contributed by atoms with Gasteiger partial charge in [0.25, 0.3) is 0 Å². The SMILES string of the molecule is Cc1cc(N2CCSC(C)C2C)ccc1CNC(C)C. The molecule has 1 fully saturated rings. The van der Waals surface area contributed by atoms with Gasteiger partial charge in [0.05, 0.1) is 0 Å². The molecule has 2 unspecified atom stereocenters. The van der Waals surface area contributed by atoms with Crippen LogP contribution in [-0.4, -0.2) is 29.6 Å². The van der Waals surface area contributed by atoms with Crippen LogP contribution in [0.15, 0.2) is 18.2 Å². The van der Waals surface area contributed by atoms with Crippen molar-refractivity contribution in [2.75, 3.05) is 17.2 Å². The van der Waals surface area contributed by atoms with Gasteiger partial charge in [-0.3, -0.25) is 0 Å². The number of hydrogen-bond donors (Lipinski definition) is 1. The fourth-order valence-corrected chi connectivity index (χ4v) is 3.77. The van der Waals surface area contributed by atoms with Crippen LogP contribution in [0.2, 0.25) is 0 Å². The smallest absolute Gasteiger partial charge is 0.0378 e. The van der Waals surface area contributed by atoms with Crippen LogP contribution >= 0.6 is 11.8 Å². The number of hydrogen-bond acceptors (Lipinski definition) is 3. The third-order valence-corrected chi connectivity index (χ3v) is 5.58. The van der Waals surface area contributed by atoms with E-state index in [2.05, 4.69) is 74.8 Å². The first kappa shape index (κ1) is 15.7. The Labute approximate surface area is 128 Å². The van der Waals surface area contributed by atoms with Crippen molar-refractivity contribution in [3.8, 4) is 0 Å². The van der Waals surface area contributed by atoms with Crippen LogP contribution < -0.4 is 10.2 Å². The maximum absolute atomic E-state index is 3.50. The molecule has 1 aliphatic rings. The maximum atomic E-state index is 3.50. The van der Waals surface area contributed by atoms with E-state index in [1.54, 1.807) is 0 Å². The molecular weight excluding hydrogens is 264 g/mol. The molecule has 0 amide bonds. The minimum absolute atomic E-state index is 0.536. The second-order valence-corrected chi connectivity index (χ2v) is 7.64. The summed E-state index contributed by atoms with van der Waals surface area (Å²) in [5.74, 6) is 1.24. The zero-order chi connectivity index (χ0) is 14.7. The zero-order valence-electron chi connectivity index (χ0n) is 13.4. The lowest BCUT2D eigenvalue weighted by Crippen LogP contribution is -2.44. The standard InChI is InChI=1S/C17H28N2S/c1-12(2)18-11-16-6-7-17(10-13(16)3)19-8-9-20-15(5)14(19)4/h6-7,10,12,14-15,18H,8-9,11H2,1-5H3. The third-order valence-electron chi connectivity index (χ3n) is 4.24. The van der Waals surface area contributed by atoms with E-state index in [0.717, 1.165) is 6.54 Å². The molecular formula is C17H28N2S. The number of benzene rings is 1. The molecule has 20 heavy (non-hydrogen) atoms. The Hall–Kier alpha value is -0.670. The topological polar surface area (TPSA) is 15.3 Å². The second-order valence-electron chi connectivity index (χ2n) is 6.16. The minimum Gasteiger partial charge on any atom is -0.367 e. The van der Waals surface area contributed by atoms with Gasteiger partial charge in [-0.05, 0) is 37.1 Å². The van der Waals surface area contributed by atoms with Crippen LogP contribution in [0, 0.1) is 6.92 Å². The number of aryl methyl sites for hydroxylation is 1. The van der Waals surface area contributed by atoms with E-state index in [1.807, 2.05) is 0 Å². The van der Waals surface area contributed by atoms with E-state index >= 15 is 0 Å². The van der Waals surface area contributed by atoms with Crippen LogP contribution in [0.1, 0.15) is 38.8 Å². The van der Waals surface area contributed by atoms with Crippen molar-refractivity contribution >= 4 is 17.4 Å². The number of nitrogens with zero attached hydrogens (tertiary/aromatic N) is 1. The molecule has 3 heteroatoms. The van der Waals surface area contributed by atoms with Crippen LogP contribution in [0.5, 0.6) is 0 Å². The molecule has 1 N–H and O–H groups in total. The molecule has 0 aliphatic carbocycles. The second kappa shape index (κ2) is 6.86. The Kier molecular flexibility index (Phi) is 5.39. The summed E-state index contributed by atoms with van der Waals surface area (Å²) >= 11 is 2.09. The minimum atomic E-state index is 0.536. The summed E-state index contributed by atoms with van der Waals surface area (Å²) in [7, 11) is 0. The van der Waals surface area contributed by atoms with E-state index in [4.69, 9.17) is 0 Å². The largest absolute Gasteiger partial charge is 0.367 e. The molecule has 0 radical (unpaired) electrons. The molecule has 1 aromatic rings. The molecule has 0 bridgehead atoms. The van der Waals surface area contributed by atoms with Gasteiger partial charge in [0, 0.05) is 41.9 Å². The quantitative estimate of drug-likeness (QED) is 0.908. The highest BCUT2D eigenvalue weighted by atomic mass is 32.2. The molecule has 2 nitrogen and oxygen atoms in total. The molecule has 0 spiro atoms. The van der Waals surface area contributed by atoms with Crippen molar-refractivity contribution in [1.29, 1.82) is 0 Å². The van der Waals surface area contributed by atoms with Gasteiger partial charge in [-0.2, -0.15) is 11.8 Å². The monoisotopic (exact) mass is 292 g/mol. The van der Waals surface area contributed by atoms with E-state index in [0.29, 0.717) is 17.3 Å². The third kappa shape index (κ3) is 3.70. The van der Waals surface area contributed by atoms with Gasteiger partial charge in [-0.1, -0.05) is 26.8 Å². The molecule has 0 aromatic heterocycles. The van der Waals surface area contributed by atoms with Crippen molar-refractivity contribution < 1.29 is 0 Å². The Balaban J connectivity index is 2.12. The van der Waals surface area contributed by atoms with Crippen LogP contribution in [-0.2, 0) is 6.54 Å². The first-order valence-corrected chi connectivity index (χ1v) is 8.75. The van der Waals surface area contributed by atoms with Crippen molar-refractivity contribution in [3.63, 3.8) is 0 Å². The molecule has 2 rings (SSSR count). The lowest BCUT2D eigenvalue weighted by Gasteiger charge is -2.39. The Bertz CT molecular complexity index is 445. The lowest BCUT2D eigenvalue weighted by molar-refractivity contribution is 0.587. The van der Waals surface area contributed by atoms with Crippen LogP contribution in [0.25, 0.3) is 0 Å². The molecule has 1 aromatic carbocycles. The summed E-state index contributed by atoms with van der Waals surface area (Å²) in [6, 6.07) is 8.10. The molecule has 1 saturated heterocycles. The Morgan fingerprint density at radius 1 is 1.35 bits per heavy atom. The molecule has 1 heterocycles. The van der Waals surface area contributed by atoms with Gasteiger partial charge >= 0.3 is 0 Å². The first-order chi connectivity index (χ1) is 9.49. The summed E-state index contributed by atoms with van der Waals surface area (Å²) in [6.45, 7) is 13.4. The van der Waals surface area contributed by atoms with Crippen LogP contribution in [0.3, 0.4) is 0 Å². The highest BCUT2D eigenvalue weighted by Gasteiger charge is 2.25. The molecule has 0 saturated carbocycles. The highest BCUT2D eigenvalue weighted by molar-refractivity contribution is 8.00. The molecule has 2 atom stereocenters. The Morgan fingerprint density at radius 3 is 2.75 bits per heavy atom. The van der Waals surface area contributed by atoms with Gasteiger partial charge in [-0.25, -0.2) is 0 Å².